The lowest BCUT2D eigenvalue weighted by Crippen LogP contribution is -2.35. The number of benzene rings is 1. The molecule has 0 bridgehead atoms. The highest BCUT2D eigenvalue weighted by molar-refractivity contribution is 9.10. The van der Waals surface area contributed by atoms with Crippen molar-refractivity contribution >= 4 is 15.9 Å². The third-order valence-electron chi connectivity index (χ3n) is 2.85. The molecule has 1 aromatic carbocycles. The van der Waals surface area contributed by atoms with Crippen LogP contribution in [-0.4, -0.2) is 15.3 Å². The van der Waals surface area contributed by atoms with Crippen molar-refractivity contribution < 1.29 is 0 Å². The monoisotopic (exact) mass is 321 g/mol. The van der Waals surface area contributed by atoms with Crippen LogP contribution in [0.3, 0.4) is 0 Å². The lowest BCUT2D eigenvalue weighted by Gasteiger charge is -2.19. The average Bonchev–Trinajstić information content (AvgIpc) is 2.74. The molecule has 0 saturated heterocycles. The molecule has 0 unspecified atom stereocenters. The Morgan fingerprint density at radius 2 is 2.00 bits per heavy atom. The fraction of sp³-hybridized carbons (Fsp3) is 0.400. The first-order chi connectivity index (χ1) is 8.85. The number of halogens is 1. The first kappa shape index (κ1) is 14.3. The van der Waals surface area contributed by atoms with Gasteiger partial charge in [-0.15, -0.1) is 0 Å². The molecule has 4 heteroatoms. The third-order valence-corrected chi connectivity index (χ3v) is 3.34. The van der Waals surface area contributed by atoms with Crippen molar-refractivity contribution in [2.45, 2.75) is 39.8 Å². The Morgan fingerprint density at radius 3 is 2.63 bits per heavy atom. The molecule has 0 aliphatic carbocycles. The van der Waals surface area contributed by atoms with Crippen LogP contribution in [0.5, 0.6) is 0 Å². The molecular weight excluding hydrogens is 302 g/mol. The zero-order valence-corrected chi connectivity index (χ0v) is 13.5. The fourth-order valence-electron chi connectivity index (χ4n) is 1.82. The van der Waals surface area contributed by atoms with Gasteiger partial charge in [0.2, 0.25) is 0 Å². The molecule has 0 spiro atoms. The molecule has 1 heterocycles. The van der Waals surface area contributed by atoms with Crippen molar-refractivity contribution in [1.82, 2.24) is 15.1 Å². The van der Waals surface area contributed by atoms with Crippen molar-refractivity contribution in [3.05, 3.63) is 46.2 Å². The molecule has 0 atom stereocenters. The van der Waals surface area contributed by atoms with Gasteiger partial charge in [-0.05, 0) is 57.5 Å². The van der Waals surface area contributed by atoms with E-state index in [9.17, 15) is 0 Å². The second-order valence-corrected chi connectivity index (χ2v) is 6.70. The van der Waals surface area contributed by atoms with E-state index < -0.39 is 0 Å². The number of hydrogen-bond donors (Lipinski definition) is 1. The molecular formula is C15H20BrN3. The highest BCUT2D eigenvalue weighted by atomic mass is 79.9. The van der Waals surface area contributed by atoms with Crippen molar-refractivity contribution in [3.8, 4) is 5.69 Å². The number of nitrogens with one attached hydrogen (secondary N) is 1. The van der Waals surface area contributed by atoms with Crippen LogP contribution in [0.25, 0.3) is 5.69 Å². The number of hydrogen-bond acceptors (Lipinski definition) is 2. The molecule has 3 nitrogen and oxygen atoms in total. The smallest absolute Gasteiger partial charge is 0.0767 e. The summed E-state index contributed by atoms with van der Waals surface area (Å²) >= 11 is 3.48. The Labute approximate surface area is 123 Å². The zero-order valence-electron chi connectivity index (χ0n) is 11.9. The summed E-state index contributed by atoms with van der Waals surface area (Å²) in [4.78, 5) is 0. The third kappa shape index (κ3) is 3.91. The predicted molar refractivity (Wildman–Crippen MR) is 82.6 cm³/mol. The van der Waals surface area contributed by atoms with E-state index in [1.807, 2.05) is 16.9 Å². The zero-order chi connectivity index (χ0) is 14.0. The SMILES string of the molecule is Cc1cc(Br)ccc1-n1ccc(CNC(C)(C)C)n1. The van der Waals surface area contributed by atoms with Crippen LogP contribution in [0.4, 0.5) is 0 Å². The highest BCUT2D eigenvalue weighted by Crippen LogP contribution is 2.19. The van der Waals surface area contributed by atoms with E-state index >= 15 is 0 Å². The van der Waals surface area contributed by atoms with Gasteiger partial charge < -0.3 is 5.32 Å². The van der Waals surface area contributed by atoms with Gasteiger partial charge in [-0.25, -0.2) is 4.68 Å². The molecule has 0 fully saturated rings. The Bertz CT molecular complexity index is 567. The fourth-order valence-corrected chi connectivity index (χ4v) is 2.30. The Kier molecular flexibility index (Phi) is 4.11. The van der Waals surface area contributed by atoms with E-state index in [0.29, 0.717) is 0 Å². The van der Waals surface area contributed by atoms with Crippen molar-refractivity contribution in [2.24, 2.45) is 0 Å². The number of aromatic nitrogens is 2. The summed E-state index contributed by atoms with van der Waals surface area (Å²) in [5.41, 5.74) is 3.48. The van der Waals surface area contributed by atoms with Gasteiger partial charge in [0, 0.05) is 22.8 Å². The Balaban J connectivity index is 2.16. The quantitative estimate of drug-likeness (QED) is 0.931. The standard InChI is InChI=1S/C15H20BrN3/c1-11-9-12(16)5-6-14(11)19-8-7-13(18-19)10-17-15(2,3)4/h5-9,17H,10H2,1-4H3. The summed E-state index contributed by atoms with van der Waals surface area (Å²) in [5, 5.41) is 8.06. The summed E-state index contributed by atoms with van der Waals surface area (Å²) in [6, 6.07) is 8.27. The summed E-state index contributed by atoms with van der Waals surface area (Å²) in [6.07, 6.45) is 2.01. The maximum Gasteiger partial charge on any atom is 0.0767 e. The number of rotatable bonds is 3. The molecule has 19 heavy (non-hydrogen) atoms. The summed E-state index contributed by atoms with van der Waals surface area (Å²) < 4.78 is 3.03. The molecule has 102 valence electrons. The minimum atomic E-state index is 0.108. The van der Waals surface area contributed by atoms with E-state index in [1.54, 1.807) is 0 Å². The molecule has 0 aliphatic rings. The predicted octanol–water partition coefficient (Wildman–Crippen LogP) is 3.83. The Hall–Kier alpha value is -1.13. The maximum atomic E-state index is 4.61. The second kappa shape index (κ2) is 5.47. The minimum Gasteiger partial charge on any atom is -0.306 e. The molecule has 0 radical (unpaired) electrons. The first-order valence-corrected chi connectivity index (χ1v) is 7.20. The van der Waals surface area contributed by atoms with Gasteiger partial charge >= 0.3 is 0 Å². The molecule has 2 rings (SSSR count). The van der Waals surface area contributed by atoms with Crippen LogP contribution in [-0.2, 0) is 6.54 Å². The topological polar surface area (TPSA) is 29.9 Å². The van der Waals surface area contributed by atoms with Gasteiger partial charge in [-0.1, -0.05) is 15.9 Å². The summed E-state index contributed by atoms with van der Waals surface area (Å²) in [5.74, 6) is 0. The second-order valence-electron chi connectivity index (χ2n) is 5.79. The normalized spacial score (nSPS) is 11.8. The van der Waals surface area contributed by atoms with E-state index in [-0.39, 0.29) is 5.54 Å². The van der Waals surface area contributed by atoms with Crippen LogP contribution in [0.2, 0.25) is 0 Å². The largest absolute Gasteiger partial charge is 0.306 e. The lowest BCUT2D eigenvalue weighted by molar-refractivity contribution is 0.420. The first-order valence-electron chi connectivity index (χ1n) is 6.41. The van der Waals surface area contributed by atoms with Crippen LogP contribution in [0.1, 0.15) is 32.0 Å². The van der Waals surface area contributed by atoms with Crippen molar-refractivity contribution in [3.63, 3.8) is 0 Å². The summed E-state index contributed by atoms with van der Waals surface area (Å²) in [6.45, 7) is 9.34. The van der Waals surface area contributed by atoms with Gasteiger partial charge in [0.25, 0.3) is 0 Å². The van der Waals surface area contributed by atoms with E-state index in [2.05, 4.69) is 72.2 Å². The van der Waals surface area contributed by atoms with E-state index in [4.69, 9.17) is 0 Å². The maximum absolute atomic E-state index is 4.61. The summed E-state index contributed by atoms with van der Waals surface area (Å²) in [7, 11) is 0. The van der Waals surface area contributed by atoms with Gasteiger partial charge in [-0.3, -0.25) is 0 Å². The molecule has 0 saturated carbocycles. The van der Waals surface area contributed by atoms with Crippen LogP contribution in [0.15, 0.2) is 34.9 Å². The van der Waals surface area contributed by atoms with Crippen LogP contribution >= 0.6 is 15.9 Å². The average molecular weight is 322 g/mol. The minimum absolute atomic E-state index is 0.108. The van der Waals surface area contributed by atoms with Gasteiger partial charge in [0.1, 0.15) is 0 Å². The van der Waals surface area contributed by atoms with Gasteiger partial charge in [0.05, 0.1) is 11.4 Å². The molecule has 0 aliphatic heterocycles. The molecule has 2 aromatic rings. The molecule has 1 aromatic heterocycles. The van der Waals surface area contributed by atoms with Gasteiger partial charge in [-0.2, -0.15) is 5.10 Å². The van der Waals surface area contributed by atoms with E-state index in [0.717, 1.165) is 22.4 Å². The Morgan fingerprint density at radius 1 is 1.26 bits per heavy atom. The molecule has 1 N–H and O–H groups in total. The number of aryl methyl sites for hydroxylation is 1. The van der Waals surface area contributed by atoms with Crippen LogP contribution in [0, 0.1) is 6.92 Å². The number of nitrogens with zero attached hydrogens (tertiary/aromatic N) is 2. The van der Waals surface area contributed by atoms with Gasteiger partial charge in [0.15, 0.2) is 0 Å². The van der Waals surface area contributed by atoms with E-state index in [1.165, 1.54) is 5.56 Å². The van der Waals surface area contributed by atoms with Crippen molar-refractivity contribution in [2.75, 3.05) is 0 Å². The van der Waals surface area contributed by atoms with Crippen molar-refractivity contribution in [1.29, 1.82) is 0 Å². The lowest BCUT2D eigenvalue weighted by atomic mass is 10.1. The molecule has 0 amide bonds. The van der Waals surface area contributed by atoms with Crippen LogP contribution < -0.4 is 5.32 Å². The highest BCUT2D eigenvalue weighted by Gasteiger charge is 2.10.